The quantitative estimate of drug-likeness (QED) is 0.514. The summed E-state index contributed by atoms with van der Waals surface area (Å²) in [7, 11) is 0. The fourth-order valence-electron chi connectivity index (χ4n) is 0.656. The molecule has 0 rings (SSSR count). The molecule has 0 aromatic heterocycles. The van der Waals surface area contributed by atoms with Gasteiger partial charge >= 0.3 is 0 Å². The van der Waals surface area contributed by atoms with Crippen LogP contribution in [0.2, 0.25) is 0 Å². The third-order valence-electron chi connectivity index (χ3n) is 1.27. The van der Waals surface area contributed by atoms with E-state index >= 15 is 0 Å². The van der Waals surface area contributed by atoms with E-state index in [0.29, 0.717) is 5.88 Å². The van der Waals surface area contributed by atoms with E-state index in [1.807, 2.05) is 17.1 Å². The molecule has 0 amide bonds. The van der Waals surface area contributed by atoms with Gasteiger partial charge in [-0.2, -0.15) is 0 Å². The zero-order valence-electron chi connectivity index (χ0n) is 6.44. The standard InChI is InChI=1S/C8H10Br2Cl2/c9-4-3-7(6-10)8(12)2-1-5-11/h1-2,6,8H,3-5H2. The third-order valence-corrected chi connectivity index (χ3v) is 2.86. The summed E-state index contributed by atoms with van der Waals surface area (Å²) in [5.41, 5.74) is 1.15. The van der Waals surface area contributed by atoms with Crippen molar-refractivity contribution in [3.05, 3.63) is 22.7 Å². The SMILES string of the molecule is ClCC=CC(Cl)C(=CBr)CCBr. The van der Waals surface area contributed by atoms with Crippen LogP contribution in [-0.4, -0.2) is 16.6 Å². The molecule has 0 radical (unpaired) electrons. The van der Waals surface area contributed by atoms with Gasteiger partial charge in [0.05, 0.1) is 5.38 Å². The van der Waals surface area contributed by atoms with Crippen molar-refractivity contribution in [1.82, 2.24) is 0 Å². The van der Waals surface area contributed by atoms with Gasteiger partial charge in [0.25, 0.3) is 0 Å². The molecule has 0 aliphatic carbocycles. The lowest BCUT2D eigenvalue weighted by atomic mass is 10.1. The normalized spacial score (nSPS) is 15.5. The molecule has 0 aliphatic rings. The van der Waals surface area contributed by atoms with Crippen molar-refractivity contribution in [2.75, 3.05) is 11.2 Å². The van der Waals surface area contributed by atoms with Crippen molar-refractivity contribution < 1.29 is 0 Å². The van der Waals surface area contributed by atoms with E-state index in [1.165, 1.54) is 0 Å². The number of rotatable bonds is 5. The van der Waals surface area contributed by atoms with E-state index in [4.69, 9.17) is 23.2 Å². The second kappa shape index (κ2) is 8.61. The first-order valence-corrected chi connectivity index (χ1v) is 6.48. The Morgan fingerprint density at radius 3 is 2.58 bits per heavy atom. The van der Waals surface area contributed by atoms with Gasteiger partial charge in [0.1, 0.15) is 0 Å². The summed E-state index contributed by atoms with van der Waals surface area (Å²) >= 11 is 18.2. The van der Waals surface area contributed by atoms with Crippen molar-refractivity contribution in [1.29, 1.82) is 0 Å². The van der Waals surface area contributed by atoms with Crippen LogP contribution in [0.5, 0.6) is 0 Å². The minimum absolute atomic E-state index is 0.0549. The number of hydrogen-bond donors (Lipinski definition) is 0. The Balaban J connectivity index is 4.03. The largest absolute Gasteiger partial charge is 0.122 e. The average Bonchev–Trinajstić information content (AvgIpc) is 2.10. The number of halogens is 4. The Kier molecular flexibility index (Phi) is 9.34. The zero-order chi connectivity index (χ0) is 9.40. The summed E-state index contributed by atoms with van der Waals surface area (Å²) in [5, 5.41) is 0.864. The van der Waals surface area contributed by atoms with Gasteiger partial charge in [0.2, 0.25) is 0 Å². The fraction of sp³-hybridized carbons (Fsp3) is 0.500. The smallest absolute Gasteiger partial charge is 0.0734 e. The highest BCUT2D eigenvalue weighted by atomic mass is 79.9. The number of allylic oxidation sites excluding steroid dienone is 3. The maximum Gasteiger partial charge on any atom is 0.0734 e. The molecule has 0 aromatic carbocycles. The van der Waals surface area contributed by atoms with Gasteiger partial charge < -0.3 is 0 Å². The van der Waals surface area contributed by atoms with Crippen LogP contribution in [0.25, 0.3) is 0 Å². The summed E-state index contributed by atoms with van der Waals surface area (Å²) in [6.45, 7) is 0. The lowest BCUT2D eigenvalue weighted by Gasteiger charge is -2.06. The van der Waals surface area contributed by atoms with E-state index in [-0.39, 0.29) is 5.38 Å². The molecule has 1 unspecified atom stereocenters. The molecular weight excluding hydrogens is 327 g/mol. The molecule has 0 fully saturated rings. The van der Waals surface area contributed by atoms with Gasteiger partial charge in [-0.25, -0.2) is 0 Å². The molecule has 0 heterocycles. The van der Waals surface area contributed by atoms with Crippen molar-refractivity contribution >= 4 is 55.1 Å². The second-order valence-electron chi connectivity index (χ2n) is 2.11. The highest BCUT2D eigenvalue weighted by Crippen LogP contribution is 2.18. The van der Waals surface area contributed by atoms with Crippen molar-refractivity contribution in [3.8, 4) is 0 Å². The lowest BCUT2D eigenvalue weighted by Crippen LogP contribution is -1.99. The molecule has 4 heteroatoms. The Morgan fingerprint density at radius 2 is 2.17 bits per heavy atom. The third kappa shape index (κ3) is 5.63. The number of alkyl halides is 3. The Morgan fingerprint density at radius 1 is 1.50 bits per heavy atom. The summed E-state index contributed by atoms with van der Waals surface area (Å²) in [4.78, 5) is 1.87. The summed E-state index contributed by atoms with van der Waals surface area (Å²) < 4.78 is 0. The van der Waals surface area contributed by atoms with Gasteiger partial charge in [-0.3, -0.25) is 0 Å². The fourth-order valence-corrected chi connectivity index (χ4v) is 2.16. The molecule has 12 heavy (non-hydrogen) atoms. The van der Waals surface area contributed by atoms with Crippen LogP contribution in [0.1, 0.15) is 6.42 Å². The van der Waals surface area contributed by atoms with Crippen molar-refractivity contribution in [3.63, 3.8) is 0 Å². The van der Waals surface area contributed by atoms with Gasteiger partial charge in [-0.1, -0.05) is 44.0 Å². The minimum Gasteiger partial charge on any atom is -0.122 e. The molecule has 0 aromatic rings. The molecule has 0 N–H and O–H groups in total. The van der Waals surface area contributed by atoms with E-state index in [2.05, 4.69) is 31.9 Å². The summed E-state index contributed by atoms with van der Waals surface area (Å²) in [6, 6.07) is 0. The maximum atomic E-state index is 6.04. The highest BCUT2D eigenvalue weighted by molar-refractivity contribution is 9.11. The van der Waals surface area contributed by atoms with Gasteiger partial charge in [-0.15, -0.1) is 23.2 Å². The first-order chi connectivity index (χ1) is 5.76. The summed E-state index contributed by atoms with van der Waals surface area (Å²) in [6.07, 6.45) is 4.68. The molecule has 0 saturated carbocycles. The van der Waals surface area contributed by atoms with Crippen LogP contribution in [0.15, 0.2) is 22.7 Å². The van der Waals surface area contributed by atoms with E-state index in [9.17, 15) is 0 Å². The summed E-state index contributed by atoms with van der Waals surface area (Å²) in [5.74, 6) is 0.507. The predicted octanol–water partition coefficient (Wildman–Crippen LogP) is 4.45. The molecule has 0 aliphatic heterocycles. The van der Waals surface area contributed by atoms with Gasteiger partial charge in [0, 0.05) is 11.2 Å². The van der Waals surface area contributed by atoms with Gasteiger partial charge in [0.15, 0.2) is 0 Å². The minimum atomic E-state index is -0.0549. The van der Waals surface area contributed by atoms with Crippen LogP contribution >= 0.6 is 55.1 Å². The second-order valence-corrected chi connectivity index (χ2v) is 4.14. The Bertz CT molecular complexity index is 166. The average molecular weight is 337 g/mol. The van der Waals surface area contributed by atoms with Crippen LogP contribution in [0.3, 0.4) is 0 Å². The molecule has 0 saturated heterocycles. The monoisotopic (exact) mass is 334 g/mol. The van der Waals surface area contributed by atoms with E-state index in [1.54, 1.807) is 0 Å². The molecule has 1 atom stereocenters. The first-order valence-electron chi connectivity index (χ1n) is 3.48. The Hall–Kier alpha value is 1.02. The molecule has 70 valence electrons. The van der Waals surface area contributed by atoms with Crippen LogP contribution in [0, 0.1) is 0 Å². The van der Waals surface area contributed by atoms with Crippen LogP contribution in [-0.2, 0) is 0 Å². The van der Waals surface area contributed by atoms with E-state index < -0.39 is 0 Å². The topological polar surface area (TPSA) is 0 Å². The van der Waals surface area contributed by atoms with Crippen molar-refractivity contribution in [2.24, 2.45) is 0 Å². The van der Waals surface area contributed by atoms with Crippen LogP contribution < -0.4 is 0 Å². The zero-order valence-corrected chi connectivity index (χ0v) is 11.1. The molecule has 0 nitrogen and oxygen atoms in total. The molecule has 0 spiro atoms. The van der Waals surface area contributed by atoms with E-state index in [0.717, 1.165) is 17.3 Å². The van der Waals surface area contributed by atoms with Crippen LogP contribution in [0.4, 0.5) is 0 Å². The lowest BCUT2D eigenvalue weighted by molar-refractivity contribution is 1.06. The molecular formula is C8H10Br2Cl2. The molecule has 0 bridgehead atoms. The highest BCUT2D eigenvalue weighted by Gasteiger charge is 2.05. The number of hydrogen-bond acceptors (Lipinski definition) is 0. The maximum absolute atomic E-state index is 6.04. The first kappa shape index (κ1) is 13.0. The Labute approximate surface area is 100 Å². The van der Waals surface area contributed by atoms with Crippen molar-refractivity contribution in [2.45, 2.75) is 11.8 Å². The van der Waals surface area contributed by atoms with Gasteiger partial charge in [-0.05, 0) is 17.0 Å². The predicted molar refractivity (Wildman–Crippen MR) is 64.9 cm³/mol.